The summed E-state index contributed by atoms with van der Waals surface area (Å²) in [5.74, 6) is -0.154. The minimum absolute atomic E-state index is 0.154. The van der Waals surface area contributed by atoms with Crippen LogP contribution in [0.25, 0.3) is 0 Å². The summed E-state index contributed by atoms with van der Waals surface area (Å²) in [6.07, 6.45) is 3.21. The van der Waals surface area contributed by atoms with Gasteiger partial charge in [-0.05, 0) is 44.0 Å². The van der Waals surface area contributed by atoms with Crippen LogP contribution in [0.1, 0.15) is 32.9 Å². The fraction of sp³-hybridized carbons (Fsp3) is 0.211. The summed E-state index contributed by atoms with van der Waals surface area (Å²) in [6, 6.07) is 11.6. The third kappa shape index (κ3) is 3.20. The maximum atomic E-state index is 12.4. The van der Waals surface area contributed by atoms with E-state index in [0.29, 0.717) is 12.1 Å². The number of nitrogens with one attached hydrogen (secondary N) is 1. The van der Waals surface area contributed by atoms with Crippen LogP contribution >= 0.6 is 0 Å². The Morgan fingerprint density at radius 1 is 1.08 bits per heavy atom. The van der Waals surface area contributed by atoms with Gasteiger partial charge in [-0.25, -0.2) is 0 Å². The molecular weight excluding hydrogens is 300 g/mol. The van der Waals surface area contributed by atoms with E-state index in [1.165, 1.54) is 11.1 Å². The minimum Gasteiger partial charge on any atom is -0.319 e. The second-order valence-corrected chi connectivity index (χ2v) is 5.82. The van der Waals surface area contributed by atoms with E-state index in [9.17, 15) is 4.79 Å². The maximum absolute atomic E-state index is 12.4. The minimum atomic E-state index is -0.154. The van der Waals surface area contributed by atoms with Crippen molar-refractivity contribution in [1.29, 1.82) is 0 Å². The molecule has 0 fully saturated rings. The van der Waals surface area contributed by atoms with Crippen molar-refractivity contribution < 1.29 is 4.79 Å². The van der Waals surface area contributed by atoms with Crippen molar-refractivity contribution in [2.24, 2.45) is 0 Å². The van der Waals surface area contributed by atoms with Gasteiger partial charge in [-0.2, -0.15) is 5.10 Å². The first kappa shape index (κ1) is 15.9. The topological polar surface area (TPSA) is 59.8 Å². The van der Waals surface area contributed by atoms with E-state index in [2.05, 4.69) is 34.5 Å². The molecule has 0 radical (unpaired) electrons. The van der Waals surface area contributed by atoms with Crippen molar-refractivity contribution in [2.45, 2.75) is 27.3 Å². The number of nitrogens with zero attached hydrogens (tertiary/aromatic N) is 3. The van der Waals surface area contributed by atoms with Crippen molar-refractivity contribution >= 4 is 11.6 Å². The van der Waals surface area contributed by atoms with Crippen LogP contribution < -0.4 is 5.32 Å². The number of aromatic nitrogens is 3. The second kappa shape index (κ2) is 6.66. The molecule has 2 aromatic heterocycles. The molecule has 3 aromatic rings. The molecular formula is C19H20N4O. The number of carbonyl (C=O) groups is 1. The zero-order chi connectivity index (χ0) is 17.1. The number of rotatable bonds is 4. The van der Waals surface area contributed by atoms with Gasteiger partial charge in [0.2, 0.25) is 0 Å². The molecule has 0 saturated carbocycles. The van der Waals surface area contributed by atoms with Crippen molar-refractivity contribution in [3.05, 3.63) is 76.9 Å². The molecule has 0 aliphatic heterocycles. The first-order valence-electron chi connectivity index (χ1n) is 7.86. The first-order chi connectivity index (χ1) is 11.6. The summed E-state index contributed by atoms with van der Waals surface area (Å²) in [5, 5.41) is 7.55. The third-order valence-electron chi connectivity index (χ3n) is 4.14. The summed E-state index contributed by atoms with van der Waals surface area (Å²) < 4.78 is 1.93. The van der Waals surface area contributed by atoms with E-state index < -0.39 is 0 Å². The van der Waals surface area contributed by atoms with Crippen LogP contribution in [0.15, 0.2) is 48.8 Å². The van der Waals surface area contributed by atoms with Crippen LogP contribution in [-0.4, -0.2) is 20.7 Å². The summed E-state index contributed by atoms with van der Waals surface area (Å²) in [4.78, 5) is 16.3. The standard InChI is InChI=1S/C19H20N4O/c1-13-6-4-5-7-17(13)12-23-15(3)18(14(2)22-23)21-19(24)16-8-10-20-11-9-16/h4-11H,12H2,1-3H3,(H,21,24). The number of aryl methyl sites for hydroxylation is 2. The maximum Gasteiger partial charge on any atom is 0.255 e. The largest absolute Gasteiger partial charge is 0.319 e. The Balaban J connectivity index is 1.85. The van der Waals surface area contributed by atoms with Gasteiger partial charge in [0.25, 0.3) is 5.91 Å². The first-order valence-corrected chi connectivity index (χ1v) is 7.86. The highest BCUT2D eigenvalue weighted by Gasteiger charge is 2.15. The molecule has 0 spiro atoms. The van der Waals surface area contributed by atoms with Crippen molar-refractivity contribution in [2.75, 3.05) is 5.32 Å². The van der Waals surface area contributed by atoms with Gasteiger partial charge in [0.1, 0.15) is 0 Å². The van der Waals surface area contributed by atoms with Crippen molar-refractivity contribution in [3.63, 3.8) is 0 Å². The van der Waals surface area contributed by atoms with E-state index in [4.69, 9.17) is 0 Å². The number of anilines is 1. The molecule has 0 atom stereocenters. The SMILES string of the molecule is Cc1ccccc1Cn1nc(C)c(NC(=O)c2ccncc2)c1C. The van der Waals surface area contributed by atoms with Gasteiger partial charge in [-0.3, -0.25) is 14.5 Å². The van der Waals surface area contributed by atoms with E-state index in [1.54, 1.807) is 24.5 Å². The van der Waals surface area contributed by atoms with Crippen LogP contribution in [0.5, 0.6) is 0 Å². The fourth-order valence-corrected chi connectivity index (χ4v) is 2.67. The van der Waals surface area contributed by atoms with E-state index in [0.717, 1.165) is 17.1 Å². The monoisotopic (exact) mass is 320 g/mol. The number of hydrogen-bond donors (Lipinski definition) is 1. The zero-order valence-electron chi connectivity index (χ0n) is 14.1. The molecule has 5 nitrogen and oxygen atoms in total. The molecule has 24 heavy (non-hydrogen) atoms. The fourth-order valence-electron chi connectivity index (χ4n) is 2.67. The van der Waals surface area contributed by atoms with Crippen LogP contribution in [0.3, 0.4) is 0 Å². The van der Waals surface area contributed by atoms with Crippen LogP contribution in [-0.2, 0) is 6.54 Å². The van der Waals surface area contributed by atoms with E-state index in [1.807, 2.05) is 30.7 Å². The molecule has 1 aromatic carbocycles. The van der Waals surface area contributed by atoms with Gasteiger partial charge in [-0.15, -0.1) is 0 Å². The van der Waals surface area contributed by atoms with E-state index in [-0.39, 0.29) is 5.91 Å². The summed E-state index contributed by atoms with van der Waals surface area (Å²) in [6.45, 7) is 6.65. The highest BCUT2D eigenvalue weighted by molar-refractivity contribution is 6.04. The van der Waals surface area contributed by atoms with Gasteiger partial charge in [0.15, 0.2) is 0 Å². The van der Waals surface area contributed by atoms with Gasteiger partial charge >= 0.3 is 0 Å². The zero-order valence-corrected chi connectivity index (χ0v) is 14.1. The lowest BCUT2D eigenvalue weighted by Crippen LogP contribution is -2.13. The lowest BCUT2D eigenvalue weighted by Gasteiger charge is -2.09. The number of pyridine rings is 1. The average Bonchev–Trinajstić information content (AvgIpc) is 2.85. The molecule has 0 bridgehead atoms. The Morgan fingerprint density at radius 2 is 1.79 bits per heavy atom. The number of amides is 1. The van der Waals surface area contributed by atoms with Crippen LogP contribution in [0.2, 0.25) is 0 Å². The Bertz CT molecular complexity index is 868. The van der Waals surface area contributed by atoms with Gasteiger partial charge < -0.3 is 5.32 Å². The van der Waals surface area contributed by atoms with Crippen molar-refractivity contribution in [1.82, 2.24) is 14.8 Å². The van der Waals surface area contributed by atoms with E-state index >= 15 is 0 Å². The van der Waals surface area contributed by atoms with Crippen LogP contribution in [0.4, 0.5) is 5.69 Å². The van der Waals surface area contributed by atoms with Gasteiger partial charge in [0, 0.05) is 18.0 Å². The Labute approximate surface area is 141 Å². The predicted molar refractivity (Wildman–Crippen MR) is 94.2 cm³/mol. The van der Waals surface area contributed by atoms with Gasteiger partial charge in [0.05, 0.1) is 23.6 Å². The number of benzene rings is 1. The summed E-state index contributed by atoms with van der Waals surface area (Å²) in [7, 11) is 0. The summed E-state index contributed by atoms with van der Waals surface area (Å²) >= 11 is 0. The normalized spacial score (nSPS) is 10.6. The predicted octanol–water partition coefficient (Wildman–Crippen LogP) is 3.50. The molecule has 1 amide bonds. The average molecular weight is 320 g/mol. The highest BCUT2D eigenvalue weighted by Crippen LogP contribution is 2.22. The lowest BCUT2D eigenvalue weighted by atomic mass is 10.1. The van der Waals surface area contributed by atoms with Crippen LogP contribution in [0, 0.1) is 20.8 Å². The molecule has 5 heteroatoms. The molecule has 3 rings (SSSR count). The number of hydrogen-bond acceptors (Lipinski definition) is 3. The third-order valence-corrected chi connectivity index (χ3v) is 4.14. The van der Waals surface area contributed by atoms with Crippen molar-refractivity contribution in [3.8, 4) is 0 Å². The Hall–Kier alpha value is -2.95. The molecule has 1 N–H and O–H groups in total. The molecule has 122 valence electrons. The molecule has 0 unspecified atom stereocenters. The quantitative estimate of drug-likeness (QED) is 0.800. The smallest absolute Gasteiger partial charge is 0.255 e. The molecule has 2 heterocycles. The Kier molecular flexibility index (Phi) is 4.42. The number of carbonyl (C=O) groups excluding carboxylic acids is 1. The summed E-state index contributed by atoms with van der Waals surface area (Å²) in [5.41, 5.74) is 5.55. The Morgan fingerprint density at radius 3 is 2.50 bits per heavy atom. The molecule has 0 saturated heterocycles. The highest BCUT2D eigenvalue weighted by atomic mass is 16.1. The second-order valence-electron chi connectivity index (χ2n) is 5.82. The molecule has 0 aliphatic carbocycles. The van der Waals surface area contributed by atoms with Gasteiger partial charge in [-0.1, -0.05) is 24.3 Å². The molecule has 0 aliphatic rings. The lowest BCUT2D eigenvalue weighted by molar-refractivity contribution is 0.102.